The smallest absolute Gasteiger partial charge is 0.267 e. The number of aromatic nitrogens is 2. The zero-order valence-electron chi connectivity index (χ0n) is 15.0. The van der Waals surface area contributed by atoms with Crippen LogP contribution in [-0.4, -0.2) is 40.3 Å². The molecule has 142 valence electrons. The third-order valence-corrected chi connectivity index (χ3v) is 5.18. The van der Waals surface area contributed by atoms with Gasteiger partial charge < -0.3 is 9.64 Å². The van der Waals surface area contributed by atoms with Crippen LogP contribution in [0, 0.1) is 5.82 Å². The number of amides is 1. The predicted molar refractivity (Wildman–Crippen MR) is 97.2 cm³/mol. The number of hydrogen-bond donors (Lipinski definition) is 0. The number of nitrogens with zero attached hydrogens (tertiary/aromatic N) is 3. The van der Waals surface area contributed by atoms with Crippen molar-refractivity contribution in [3.05, 3.63) is 58.3 Å². The van der Waals surface area contributed by atoms with E-state index in [9.17, 15) is 14.0 Å². The highest BCUT2D eigenvalue weighted by atomic mass is 19.1. The van der Waals surface area contributed by atoms with Crippen LogP contribution in [0.1, 0.15) is 43.3 Å². The van der Waals surface area contributed by atoms with Crippen molar-refractivity contribution < 1.29 is 13.9 Å². The maximum atomic E-state index is 12.9. The molecule has 1 aliphatic heterocycles. The largest absolute Gasteiger partial charge is 0.484 e. The lowest BCUT2D eigenvalue weighted by molar-refractivity contribution is -0.134. The summed E-state index contributed by atoms with van der Waals surface area (Å²) in [6.07, 6.45) is 3.69. The minimum absolute atomic E-state index is 0.0262. The fourth-order valence-electron chi connectivity index (χ4n) is 3.43. The van der Waals surface area contributed by atoms with Crippen molar-refractivity contribution in [2.75, 3.05) is 19.7 Å². The summed E-state index contributed by atoms with van der Waals surface area (Å²) >= 11 is 0. The SMILES string of the molecule is O=C(COc1ccc(F)cc1)N1CCC(n2nc(C3CC3)ccc2=O)CC1. The van der Waals surface area contributed by atoms with E-state index >= 15 is 0 Å². The van der Waals surface area contributed by atoms with Gasteiger partial charge >= 0.3 is 0 Å². The summed E-state index contributed by atoms with van der Waals surface area (Å²) in [5, 5.41) is 4.56. The van der Waals surface area contributed by atoms with Crippen molar-refractivity contribution in [1.82, 2.24) is 14.7 Å². The van der Waals surface area contributed by atoms with Gasteiger partial charge in [0.15, 0.2) is 6.61 Å². The minimum Gasteiger partial charge on any atom is -0.484 e. The normalized spacial score (nSPS) is 17.7. The van der Waals surface area contributed by atoms with E-state index in [1.54, 1.807) is 15.6 Å². The summed E-state index contributed by atoms with van der Waals surface area (Å²) in [7, 11) is 0. The molecule has 6 nitrogen and oxygen atoms in total. The standard InChI is InChI=1S/C20H22FN3O3/c21-15-3-5-17(6-4-15)27-13-20(26)23-11-9-16(10-12-23)24-19(25)8-7-18(22-24)14-1-2-14/h3-8,14,16H,1-2,9-13H2. The molecule has 2 heterocycles. The van der Waals surface area contributed by atoms with Crippen LogP contribution >= 0.6 is 0 Å². The third-order valence-electron chi connectivity index (χ3n) is 5.18. The first-order chi connectivity index (χ1) is 13.1. The molecule has 27 heavy (non-hydrogen) atoms. The molecule has 1 aromatic carbocycles. The number of hydrogen-bond acceptors (Lipinski definition) is 4. The fraction of sp³-hybridized carbons (Fsp3) is 0.450. The summed E-state index contributed by atoms with van der Waals surface area (Å²) in [5.74, 6) is 0.518. The summed E-state index contributed by atoms with van der Waals surface area (Å²) < 4.78 is 19.9. The van der Waals surface area contributed by atoms with Crippen molar-refractivity contribution in [3.8, 4) is 5.75 Å². The summed E-state index contributed by atoms with van der Waals surface area (Å²) in [5.41, 5.74) is 0.921. The van der Waals surface area contributed by atoms with Gasteiger partial charge in [-0.25, -0.2) is 9.07 Å². The summed E-state index contributed by atoms with van der Waals surface area (Å²) in [4.78, 5) is 26.3. The van der Waals surface area contributed by atoms with Gasteiger partial charge in [0.1, 0.15) is 11.6 Å². The molecule has 1 aromatic heterocycles. The zero-order chi connectivity index (χ0) is 18.8. The van der Waals surface area contributed by atoms with Gasteiger partial charge in [-0.2, -0.15) is 5.10 Å². The number of carbonyl (C=O) groups is 1. The van der Waals surface area contributed by atoms with Gasteiger partial charge in [-0.05, 0) is 56.0 Å². The van der Waals surface area contributed by atoms with Gasteiger partial charge in [-0.1, -0.05) is 0 Å². The number of likely N-dealkylation sites (tertiary alicyclic amines) is 1. The van der Waals surface area contributed by atoms with Crippen LogP contribution in [0.15, 0.2) is 41.2 Å². The molecule has 0 bridgehead atoms. The molecule has 4 rings (SSSR count). The number of rotatable bonds is 5. The number of halogens is 1. The first kappa shape index (κ1) is 17.7. The Labute approximate surface area is 156 Å². The number of benzene rings is 1. The minimum atomic E-state index is -0.342. The monoisotopic (exact) mass is 371 g/mol. The van der Waals surface area contributed by atoms with Gasteiger partial charge in [0, 0.05) is 25.1 Å². The molecule has 0 radical (unpaired) electrons. The molecule has 2 aliphatic rings. The molecule has 1 aliphatic carbocycles. The lowest BCUT2D eigenvalue weighted by atomic mass is 10.1. The Kier molecular flexibility index (Phi) is 4.92. The second kappa shape index (κ2) is 7.50. The first-order valence-electron chi connectivity index (χ1n) is 9.36. The van der Waals surface area contributed by atoms with Crippen LogP contribution in [0.2, 0.25) is 0 Å². The van der Waals surface area contributed by atoms with Crippen molar-refractivity contribution in [2.45, 2.75) is 37.6 Å². The Morgan fingerprint density at radius 1 is 1.07 bits per heavy atom. The van der Waals surface area contributed by atoms with E-state index < -0.39 is 0 Å². The molecule has 0 atom stereocenters. The van der Waals surface area contributed by atoms with Crippen molar-refractivity contribution in [1.29, 1.82) is 0 Å². The molecule has 0 N–H and O–H groups in total. The number of carbonyl (C=O) groups excluding carboxylic acids is 1. The summed E-state index contributed by atoms with van der Waals surface area (Å²) in [6.45, 7) is 1.06. The van der Waals surface area contributed by atoms with E-state index in [1.165, 1.54) is 24.3 Å². The topological polar surface area (TPSA) is 64.4 Å². The Morgan fingerprint density at radius 2 is 1.78 bits per heavy atom. The van der Waals surface area contributed by atoms with E-state index in [0.717, 1.165) is 18.5 Å². The van der Waals surface area contributed by atoms with Crippen molar-refractivity contribution in [3.63, 3.8) is 0 Å². The van der Waals surface area contributed by atoms with E-state index in [1.807, 2.05) is 6.07 Å². The maximum absolute atomic E-state index is 12.9. The van der Waals surface area contributed by atoms with Crippen LogP contribution in [0.4, 0.5) is 4.39 Å². The Balaban J connectivity index is 1.32. The van der Waals surface area contributed by atoms with Crippen LogP contribution in [0.25, 0.3) is 0 Å². The zero-order valence-corrected chi connectivity index (χ0v) is 15.0. The molecule has 1 amide bonds. The maximum Gasteiger partial charge on any atom is 0.267 e. The molecule has 7 heteroatoms. The van der Waals surface area contributed by atoms with Gasteiger partial charge in [-0.3, -0.25) is 9.59 Å². The average molecular weight is 371 g/mol. The lowest BCUT2D eigenvalue weighted by Gasteiger charge is -2.32. The number of ether oxygens (including phenoxy) is 1. The quantitative estimate of drug-likeness (QED) is 0.810. The van der Waals surface area contributed by atoms with Gasteiger partial charge in [0.25, 0.3) is 11.5 Å². The van der Waals surface area contributed by atoms with Crippen molar-refractivity contribution >= 4 is 5.91 Å². The second-order valence-electron chi connectivity index (χ2n) is 7.17. The molecule has 1 saturated heterocycles. The average Bonchev–Trinajstić information content (AvgIpc) is 3.53. The number of piperidine rings is 1. The molecular weight excluding hydrogens is 349 g/mol. The van der Waals surface area contributed by atoms with E-state index in [2.05, 4.69) is 5.10 Å². The van der Waals surface area contributed by atoms with Gasteiger partial charge in [0.05, 0.1) is 11.7 Å². The first-order valence-corrected chi connectivity index (χ1v) is 9.36. The van der Waals surface area contributed by atoms with Crippen LogP contribution in [-0.2, 0) is 4.79 Å². The van der Waals surface area contributed by atoms with Crippen LogP contribution in [0.3, 0.4) is 0 Å². The van der Waals surface area contributed by atoms with Crippen molar-refractivity contribution in [2.24, 2.45) is 0 Å². The highest BCUT2D eigenvalue weighted by molar-refractivity contribution is 5.77. The molecule has 0 spiro atoms. The van der Waals surface area contributed by atoms with Gasteiger partial charge in [-0.15, -0.1) is 0 Å². The highest BCUT2D eigenvalue weighted by Crippen LogP contribution is 2.38. The predicted octanol–water partition coefficient (Wildman–Crippen LogP) is 2.50. The Hall–Kier alpha value is -2.70. The fourth-order valence-corrected chi connectivity index (χ4v) is 3.43. The second-order valence-corrected chi connectivity index (χ2v) is 7.17. The van der Waals surface area contributed by atoms with Crippen LogP contribution in [0.5, 0.6) is 5.75 Å². The molecule has 0 unspecified atom stereocenters. The van der Waals surface area contributed by atoms with E-state index in [0.29, 0.717) is 37.6 Å². The van der Waals surface area contributed by atoms with E-state index in [-0.39, 0.29) is 29.9 Å². The molecule has 2 aromatic rings. The molecular formula is C20H22FN3O3. The molecule has 1 saturated carbocycles. The van der Waals surface area contributed by atoms with Crippen LogP contribution < -0.4 is 10.3 Å². The highest BCUT2D eigenvalue weighted by Gasteiger charge is 2.28. The lowest BCUT2D eigenvalue weighted by Crippen LogP contribution is -2.43. The Morgan fingerprint density at radius 3 is 2.44 bits per heavy atom. The van der Waals surface area contributed by atoms with Gasteiger partial charge in [0.2, 0.25) is 0 Å². The summed E-state index contributed by atoms with van der Waals surface area (Å²) in [6, 6.07) is 9.06. The molecule has 2 fully saturated rings. The Bertz CT molecular complexity index is 869. The van der Waals surface area contributed by atoms with E-state index in [4.69, 9.17) is 4.74 Å². The third kappa shape index (κ3) is 4.18.